The molecule has 3 saturated heterocycles. The lowest BCUT2D eigenvalue weighted by Crippen LogP contribution is -2.55. The summed E-state index contributed by atoms with van der Waals surface area (Å²) in [5.41, 5.74) is 0. The van der Waals surface area contributed by atoms with Gasteiger partial charge in [0.05, 0.1) is 77.3 Å². The predicted octanol–water partition coefficient (Wildman–Crippen LogP) is 1.80. The predicted molar refractivity (Wildman–Crippen MR) is 321 cm³/mol. The molecule has 518 valence electrons. The zero-order valence-electron chi connectivity index (χ0n) is 53.4. The highest BCUT2D eigenvalue weighted by Gasteiger charge is 2.44. The van der Waals surface area contributed by atoms with Crippen molar-refractivity contribution >= 4 is 34.9 Å². The first kappa shape index (κ1) is 80.1. The second-order valence-corrected chi connectivity index (χ2v) is 24.3. The molecule has 2 amide bonds. The summed E-state index contributed by atoms with van der Waals surface area (Å²) < 4.78 is 51.9. The quantitative estimate of drug-likeness (QED) is 0.0387. The van der Waals surface area contributed by atoms with Crippen molar-refractivity contribution in [3.8, 4) is 0 Å². The third kappa shape index (κ3) is 32.1. The van der Waals surface area contributed by atoms with Gasteiger partial charge in [0.25, 0.3) is 0 Å². The Kier molecular flexibility index (Phi) is 42.2. The number of aliphatic hydroxyl groups is 9. The lowest BCUT2D eigenvalue weighted by atomic mass is 9.92. The molecule has 26 nitrogen and oxygen atoms in total. The summed E-state index contributed by atoms with van der Waals surface area (Å²) in [6.07, 6.45) is -1.21. The fraction of sp³-hybridized carbons (Fsp3) is 0.905. The Balaban J connectivity index is 1.29. The minimum Gasteiger partial charge on any atom is -0.394 e. The molecule has 0 saturated carbocycles. The van der Waals surface area contributed by atoms with Crippen LogP contribution < -0.4 is 10.6 Å². The van der Waals surface area contributed by atoms with Crippen LogP contribution in [0.4, 0.5) is 0 Å². The number of ether oxygens (including phenoxy) is 9. The first-order chi connectivity index (χ1) is 42.7. The van der Waals surface area contributed by atoms with E-state index in [-0.39, 0.29) is 106 Å². The van der Waals surface area contributed by atoms with E-state index in [1.165, 1.54) is 0 Å². The van der Waals surface area contributed by atoms with Crippen LogP contribution >= 0.6 is 0 Å². The highest BCUT2D eigenvalue weighted by molar-refractivity contribution is 5.80. The summed E-state index contributed by atoms with van der Waals surface area (Å²) in [6.45, 7) is 8.07. The normalized spacial score (nSPS) is 27.9. The Hall–Kier alpha value is -3.10. The molecular formula is C63H112N2O24. The zero-order valence-corrected chi connectivity index (χ0v) is 53.4. The van der Waals surface area contributed by atoms with Crippen molar-refractivity contribution in [1.29, 1.82) is 0 Å². The van der Waals surface area contributed by atoms with Crippen molar-refractivity contribution in [2.45, 2.75) is 255 Å². The Morgan fingerprint density at radius 3 is 1.10 bits per heavy atom. The van der Waals surface area contributed by atoms with Crippen molar-refractivity contribution < 1.29 is 117 Å². The molecule has 0 bridgehead atoms. The summed E-state index contributed by atoms with van der Waals surface area (Å²) >= 11 is 0. The highest BCUT2D eigenvalue weighted by atomic mass is 16.7. The standard InChI is InChI=1S/C63H112N2O24/c1-41(39-81-33-25-47(71)20-9-5-7-18-45(69)22-11-14-30-84-61-42(2)55(75)58(78)49(36-66)87-61)52(83-35-26-48(72)21-10-6-8-19-46(70)23-12-15-31-85-62-43(3)56(76)59(79)50(37-67)88-62)40-82-34-27-54(74)65-29-17-28-64-53(73)24-13-16-32-86-63-44(4)57(77)60(80)51(38-68)89-63/h41-44,49-52,55-63,66-68,75-80H,5-40H2,1-4H3,(H,64,73)(H,65,74). The maximum Gasteiger partial charge on any atom is 0.222 e. The molecule has 3 heterocycles. The molecule has 3 aliphatic heterocycles. The third-order valence-corrected chi connectivity index (χ3v) is 16.7. The summed E-state index contributed by atoms with van der Waals surface area (Å²) in [4.78, 5) is 75.5. The first-order valence-electron chi connectivity index (χ1n) is 32.8. The average molecular weight is 1280 g/mol. The summed E-state index contributed by atoms with van der Waals surface area (Å²) in [6, 6.07) is 0. The molecule has 11 N–H and O–H groups in total. The zero-order chi connectivity index (χ0) is 65.5. The lowest BCUT2D eigenvalue weighted by molar-refractivity contribution is -0.282. The molecule has 0 aromatic rings. The van der Waals surface area contributed by atoms with Crippen LogP contribution in [-0.4, -0.2) is 247 Å². The molecule has 3 fully saturated rings. The van der Waals surface area contributed by atoms with E-state index in [1.54, 1.807) is 20.8 Å². The van der Waals surface area contributed by atoms with Gasteiger partial charge >= 0.3 is 0 Å². The second kappa shape index (κ2) is 46.9. The Morgan fingerprint density at radius 1 is 0.382 bits per heavy atom. The van der Waals surface area contributed by atoms with E-state index in [0.29, 0.717) is 135 Å². The van der Waals surface area contributed by atoms with Crippen LogP contribution in [0.25, 0.3) is 0 Å². The number of rotatable bonds is 52. The van der Waals surface area contributed by atoms with Gasteiger partial charge in [-0.15, -0.1) is 0 Å². The maximum absolute atomic E-state index is 12.9. The molecule has 0 spiro atoms. The number of Topliss-reactive ketones (excluding diaryl/α,β-unsaturated/α-hetero) is 4. The first-order valence-corrected chi connectivity index (χ1v) is 32.8. The van der Waals surface area contributed by atoms with E-state index >= 15 is 0 Å². The van der Waals surface area contributed by atoms with Gasteiger partial charge in [-0.25, -0.2) is 0 Å². The van der Waals surface area contributed by atoms with Gasteiger partial charge in [-0.1, -0.05) is 40.5 Å². The van der Waals surface area contributed by atoms with Crippen molar-refractivity contribution in [2.24, 2.45) is 23.7 Å². The molecular weight excluding hydrogens is 1170 g/mol. The molecule has 0 radical (unpaired) electrons. The summed E-state index contributed by atoms with van der Waals surface area (Å²) in [5, 5.41) is 94.6. The van der Waals surface area contributed by atoms with Gasteiger partial charge in [0.2, 0.25) is 11.8 Å². The number of hydrogen-bond acceptors (Lipinski definition) is 24. The number of amides is 2. The van der Waals surface area contributed by atoms with E-state index in [4.69, 9.17) is 42.6 Å². The lowest BCUT2D eigenvalue weighted by Gasteiger charge is -2.40. The van der Waals surface area contributed by atoms with Gasteiger partial charge in [-0.3, -0.25) is 28.8 Å². The fourth-order valence-electron chi connectivity index (χ4n) is 10.6. The van der Waals surface area contributed by atoms with Crippen LogP contribution in [0.1, 0.15) is 175 Å². The molecule has 89 heavy (non-hydrogen) atoms. The number of ketones is 4. The number of carbonyl (C=O) groups is 6. The Morgan fingerprint density at radius 2 is 0.708 bits per heavy atom. The molecule has 0 aromatic carbocycles. The van der Waals surface area contributed by atoms with Gasteiger partial charge < -0.3 is 99.2 Å². The van der Waals surface area contributed by atoms with Crippen LogP contribution in [0.5, 0.6) is 0 Å². The largest absolute Gasteiger partial charge is 0.394 e. The molecule has 17 atom stereocenters. The topological polar surface area (TPSA) is 392 Å². The Bertz CT molecular complexity index is 1950. The number of nitrogens with one attached hydrogen (secondary N) is 2. The van der Waals surface area contributed by atoms with Crippen LogP contribution in [0, 0.1) is 23.7 Å². The minimum atomic E-state index is -1.21. The van der Waals surface area contributed by atoms with Crippen molar-refractivity contribution in [1.82, 2.24) is 10.6 Å². The number of unbranched alkanes of at least 4 members (excludes halogenated alkanes) is 7. The SMILES string of the molecule is CC(COCCC(=O)CCCCCC(=O)CCCCOC1OC(CO)C(O)C(O)C1C)C(COCCC(=O)NCCCNC(=O)CCCCOC1OC(CO)C(O)C(O)C1C)OCCC(=O)CCCCCC(=O)CCCCOC1OC(CO)C(O)C(O)C1C. The number of carbonyl (C=O) groups excluding carboxylic acids is 6. The molecule has 0 aliphatic carbocycles. The molecule has 17 unspecified atom stereocenters. The van der Waals surface area contributed by atoms with Crippen molar-refractivity contribution in [2.75, 3.05) is 85.8 Å². The van der Waals surface area contributed by atoms with Gasteiger partial charge in [-0.2, -0.15) is 0 Å². The average Bonchev–Trinajstić information content (AvgIpc) is 3.21. The minimum absolute atomic E-state index is 0.0265. The van der Waals surface area contributed by atoms with E-state index in [1.807, 2.05) is 6.92 Å². The van der Waals surface area contributed by atoms with Crippen LogP contribution in [0.3, 0.4) is 0 Å². The number of aliphatic hydroxyl groups excluding tert-OH is 9. The van der Waals surface area contributed by atoms with E-state index in [9.17, 15) is 74.7 Å². The highest BCUT2D eigenvalue weighted by Crippen LogP contribution is 2.30. The number of hydrogen-bond donors (Lipinski definition) is 11. The van der Waals surface area contributed by atoms with E-state index < -0.39 is 117 Å². The van der Waals surface area contributed by atoms with Crippen LogP contribution in [-0.2, 0) is 71.4 Å². The van der Waals surface area contributed by atoms with Crippen molar-refractivity contribution in [3.05, 3.63) is 0 Å². The fourth-order valence-corrected chi connectivity index (χ4v) is 10.6. The van der Waals surface area contributed by atoms with Gasteiger partial charge in [-0.05, 0) is 70.6 Å². The van der Waals surface area contributed by atoms with Crippen LogP contribution in [0.15, 0.2) is 0 Å². The molecule has 3 aliphatic rings. The van der Waals surface area contributed by atoms with Crippen LogP contribution in [0.2, 0.25) is 0 Å². The van der Waals surface area contributed by atoms with Gasteiger partial charge in [0.15, 0.2) is 18.9 Å². The molecule has 3 rings (SSSR count). The third-order valence-electron chi connectivity index (χ3n) is 16.7. The molecule has 26 heteroatoms. The monoisotopic (exact) mass is 1280 g/mol. The summed E-state index contributed by atoms with van der Waals surface area (Å²) in [7, 11) is 0. The maximum atomic E-state index is 12.9. The van der Waals surface area contributed by atoms with E-state index in [2.05, 4.69) is 10.6 Å². The molecule has 0 aromatic heterocycles. The second-order valence-electron chi connectivity index (χ2n) is 24.3. The van der Waals surface area contributed by atoms with Gasteiger partial charge in [0.1, 0.15) is 59.8 Å². The smallest absolute Gasteiger partial charge is 0.222 e. The Labute approximate surface area is 526 Å². The van der Waals surface area contributed by atoms with E-state index in [0.717, 1.165) is 12.8 Å². The van der Waals surface area contributed by atoms with Crippen molar-refractivity contribution in [3.63, 3.8) is 0 Å². The van der Waals surface area contributed by atoms with Gasteiger partial charge in [0, 0.05) is 121 Å². The summed E-state index contributed by atoms with van der Waals surface area (Å²) in [5.74, 6) is -1.69.